The van der Waals surface area contributed by atoms with Gasteiger partial charge < -0.3 is 9.88 Å². The molecule has 3 aromatic rings. The first-order valence-electron chi connectivity index (χ1n) is 8.38. The molecule has 0 aliphatic carbocycles. The van der Waals surface area contributed by atoms with Crippen LogP contribution in [0.5, 0.6) is 0 Å². The van der Waals surface area contributed by atoms with Crippen LogP contribution in [-0.4, -0.2) is 27.0 Å². The third-order valence-corrected chi connectivity index (χ3v) is 3.85. The number of amides is 1. The first-order chi connectivity index (χ1) is 12.0. The monoisotopic (exact) mass is 340 g/mol. The second-order valence-electron chi connectivity index (χ2n) is 6.39. The molecule has 1 N–H and O–H groups in total. The molecule has 1 amide bonds. The van der Waals surface area contributed by atoms with E-state index in [4.69, 9.17) is 0 Å². The third kappa shape index (κ3) is 4.02. The molecule has 130 valence electrons. The highest BCUT2D eigenvalue weighted by Gasteiger charge is 2.13. The zero-order chi connectivity index (χ0) is 17.8. The average molecular weight is 340 g/mol. The van der Waals surface area contributed by atoms with Gasteiger partial charge in [0.05, 0.1) is 0 Å². The maximum atomic E-state index is 13.2. The van der Waals surface area contributed by atoms with E-state index in [9.17, 15) is 9.18 Å². The van der Waals surface area contributed by atoms with Crippen LogP contribution in [0.4, 0.5) is 4.39 Å². The minimum Gasteiger partial charge on any atom is -0.352 e. The molecule has 0 saturated heterocycles. The molecule has 2 aromatic heterocycles. The van der Waals surface area contributed by atoms with E-state index in [1.165, 1.54) is 18.2 Å². The van der Waals surface area contributed by atoms with Gasteiger partial charge in [-0.25, -0.2) is 14.4 Å². The second-order valence-corrected chi connectivity index (χ2v) is 6.39. The maximum Gasteiger partial charge on any atom is 0.251 e. The van der Waals surface area contributed by atoms with Crippen molar-refractivity contribution in [1.29, 1.82) is 0 Å². The standard InChI is InChI=1S/C19H21FN4O/c1-13(2)12-24-17(23-16-7-4-9-21-18(16)24)8-10-22-19(25)14-5-3-6-15(20)11-14/h3-7,9,11,13H,8,10,12H2,1-2H3,(H,22,25). The number of benzene rings is 1. The molecule has 3 rings (SSSR count). The normalized spacial score (nSPS) is 11.2. The molecule has 6 heteroatoms. The minimum atomic E-state index is -0.419. The summed E-state index contributed by atoms with van der Waals surface area (Å²) in [5.41, 5.74) is 2.04. The highest BCUT2D eigenvalue weighted by Crippen LogP contribution is 2.16. The van der Waals surface area contributed by atoms with E-state index >= 15 is 0 Å². The average Bonchev–Trinajstić information content (AvgIpc) is 2.92. The molecule has 25 heavy (non-hydrogen) atoms. The number of nitrogens with zero attached hydrogens (tertiary/aromatic N) is 3. The fourth-order valence-electron chi connectivity index (χ4n) is 2.77. The van der Waals surface area contributed by atoms with Crippen molar-refractivity contribution in [3.63, 3.8) is 0 Å². The number of aromatic nitrogens is 3. The highest BCUT2D eigenvalue weighted by molar-refractivity contribution is 5.94. The molecule has 0 aliphatic rings. The molecule has 0 bridgehead atoms. The number of hydrogen-bond acceptors (Lipinski definition) is 3. The lowest BCUT2D eigenvalue weighted by Crippen LogP contribution is -2.26. The van der Waals surface area contributed by atoms with Gasteiger partial charge in [0.1, 0.15) is 17.2 Å². The zero-order valence-corrected chi connectivity index (χ0v) is 14.4. The second kappa shape index (κ2) is 7.42. The summed E-state index contributed by atoms with van der Waals surface area (Å²) in [6, 6.07) is 9.47. The number of pyridine rings is 1. The molecule has 0 saturated carbocycles. The van der Waals surface area contributed by atoms with E-state index in [0.717, 1.165) is 23.5 Å². The van der Waals surface area contributed by atoms with Crippen molar-refractivity contribution in [3.05, 3.63) is 59.8 Å². The molecule has 0 spiro atoms. The van der Waals surface area contributed by atoms with Crippen LogP contribution in [0.15, 0.2) is 42.6 Å². The molecule has 0 aliphatic heterocycles. The van der Waals surface area contributed by atoms with Crippen molar-refractivity contribution in [2.45, 2.75) is 26.8 Å². The fraction of sp³-hybridized carbons (Fsp3) is 0.316. The van der Waals surface area contributed by atoms with Crippen molar-refractivity contribution in [2.75, 3.05) is 6.54 Å². The molecule has 0 atom stereocenters. The van der Waals surface area contributed by atoms with E-state index in [2.05, 4.69) is 33.7 Å². The zero-order valence-electron chi connectivity index (χ0n) is 14.4. The topological polar surface area (TPSA) is 59.8 Å². The maximum absolute atomic E-state index is 13.2. The number of hydrogen-bond donors (Lipinski definition) is 1. The number of carbonyl (C=O) groups excluding carboxylic acids is 1. The molecule has 0 unspecified atom stereocenters. The molecule has 1 aromatic carbocycles. The van der Waals surface area contributed by atoms with Crippen molar-refractivity contribution >= 4 is 17.1 Å². The largest absolute Gasteiger partial charge is 0.352 e. The molecule has 2 heterocycles. The van der Waals surface area contributed by atoms with E-state index in [-0.39, 0.29) is 5.91 Å². The number of imidazole rings is 1. The van der Waals surface area contributed by atoms with Gasteiger partial charge in [-0.15, -0.1) is 0 Å². The smallest absolute Gasteiger partial charge is 0.251 e. The van der Waals surface area contributed by atoms with Gasteiger partial charge >= 0.3 is 0 Å². The van der Waals surface area contributed by atoms with Crippen molar-refractivity contribution in [3.8, 4) is 0 Å². The lowest BCUT2D eigenvalue weighted by molar-refractivity contribution is 0.0953. The van der Waals surface area contributed by atoms with Crippen LogP contribution in [-0.2, 0) is 13.0 Å². The minimum absolute atomic E-state index is 0.288. The summed E-state index contributed by atoms with van der Waals surface area (Å²) in [7, 11) is 0. The number of nitrogens with one attached hydrogen (secondary N) is 1. The lowest BCUT2D eigenvalue weighted by atomic mass is 10.2. The van der Waals surface area contributed by atoms with Crippen LogP contribution in [0.2, 0.25) is 0 Å². The Bertz CT molecular complexity index is 888. The van der Waals surface area contributed by atoms with Crippen LogP contribution >= 0.6 is 0 Å². The van der Waals surface area contributed by atoms with Crippen LogP contribution in [0.3, 0.4) is 0 Å². The lowest BCUT2D eigenvalue weighted by Gasteiger charge is -2.11. The van der Waals surface area contributed by atoms with E-state index in [1.807, 2.05) is 12.1 Å². The predicted molar refractivity (Wildman–Crippen MR) is 94.8 cm³/mol. The van der Waals surface area contributed by atoms with E-state index in [0.29, 0.717) is 24.4 Å². The first-order valence-corrected chi connectivity index (χ1v) is 8.38. The molecular formula is C19H21FN4O. The Hall–Kier alpha value is -2.76. The van der Waals surface area contributed by atoms with Crippen LogP contribution in [0.25, 0.3) is 11.2 Å². The van der Waals surface area contributed by atoms with Gasteiger partial charge in [0.25, 0.3) is 5.91 Å². The quantitative estimate of drug-likeness (QED) is 0.750. The predicted octanol–water partition coefficient (Wildman–Crippen LogP) is 3.20. The molecule has 0 radical (unpaired) electrons. The summed E-state index contributed by atoms with van der Waals surface area (Å²) in [6.07, 6.45) is 2.35. The van der Waals surface area contributed by atoms with Gasteiger partial charge in [-0.3, -0.25) is 4.79 Å². The highest BCUT2D eigenvalue weighted by atomic mass is 19.1. The molecule has 0 fully saturated rings. The first kappa shape index (κ1) is 17.1. The van der Waals surface area contributed by atoms with E-state index < -0.39 is 5.82 Å². The van der Waals surface area contributed by atoms with Gasteiger partial charge in [-0.05, 0) is 36.2 Å². The number of rotatable bonds is 6. The van der Waals surface area contributed by atoms with Gasteiger partial charge in [0.15, 0.2) is 5.65 Å². The van der Waals surface area contributed by atoms with Gasteiger partial charge in [0.2, 0.25) is 0 Å². The van der Waals surface area contributed by atoms with Gasteiger partial charge in [-0.1, -0.05) is 19.9 Å². The van der Waals surface area contributed by atoms with Crippen LogP contribution in [0, 0.1) is 11.7 Å². The van der Waals surface area contributed by atoms with Crippen molar-refractivity contribution in [2.24, 2.45) is 5.92 Å². The summed E-state index contributed by atoms with van der Waals surface area (Å²) in [4.78, 5) is 21.2. The summed E-state index contributed by atoms with van der Waals surface area (Å²) in [5.74, 6) is 0.642. The summed E-state index contributed by atoms with van der Waals surface area (Å²) >= 11 is 0. The summed E-state index contributed by atoms with van der Waals surface area (Å²) in [5, 5.41) is 2.82. The third-order valence-electron chi connectivity index (χ3n) is 3.85. The van der Waals surface area contributed by atoms with Crippen LogP contribution < -0.4 is 5.32 Å². The van der Waals surface area contributed by atoms with Crippen molar-refractivity contribution < 1.29 is 9.18 Å². The Morgan fingerprint density at radius 3 is 2.88 bits per heavy atom. The van der Waals surface area contributed by atoms with Crippen molar-refractivity contribution in [1.82, 2.24) is 19.9 Å². The molecule has 5 nitrogen and oxygen atoms in total. The summed E-state index contributed by atoms with van der Waals surface area (Å²) in [6.45, 7) is 5.53. The van der Waals surface area contributed by atoms with Crippen LogP contribution in [0.1, 0.15) is 30.0 Å². The Kier molecular flexibility index (Phi) is 5.07. The number of carbonyl (C=O) groups is 1. The number of halogens is 1. The van der Waals surface area contributed by atoms with Gasteiger partial charge in [0, 0.05) is 31.3 Å². The Morgan fingerprint density at radius 2 is 2.12 bits per heavy atom. The summed E-state index contributed by atoms with van der Waals surface area (Å²) < 4.78 is 15.3. The SMILES string of the molecule is CC(C)Cn1c(CCNC(=O)c2cccc(F)c2)nc2cccnc21. The Balaban J connectivity index is 1.71. The van der Waals surface area contributed by atoms with Gasteiger partial charge in [-0.2, -0.15) is 0 Å². The van der Waals surface area contributed by atoms with E-state index in [1.54, 1.807) is 12.3 Å². The molecular weight excluding hydrogens is 319 g/mol. The Labute approximate surface area is 145 Å². The Morgan fingerprint density at radius 1 is 1.28 bits per heavy atom. The number of fused-ring (bicyclic) bond motifs is 1. The fourth-order valence-corrected chi connectivity index (χ4v) is 2.77.